The van der Waals surface area contributed by atoms with Crippen molar-refractivity contribution in [1.82, 2.24) is 25.1 Å². The molecule has 2 rings (SSSR count). The maximum Gasteiger partial charge on any atom is 0.316 e. The Balaban J connectivity index is 1.95. The molecule has 0 aliphatic rings. The quantitative estimate of drug-likeness (QED) is 0.492. The standard InChI is InChI=1S/C19H27N5O3S/c1-12(2)23(13(3)4)17(25)10-27-18(26)11-28-19-20-21-22-24(19)16-9-14(5)7-8-15(16)6/h7-9,12-13H,10-11H2,1-6H3. The van der Waals surface area contributed by atoms with Gasteiger partial charge in [0.15, 0.2) is 6.61 Å². The number of hydrogen-bond donors (Lipinski definition) is 0. The number of carbonyl (C=O) groups excluding carboxylic acids is 2. The topological polar surface area (TPSA) is 90.2 Å². The SMILES string of the molecule is Cc1ccc(C)c(-n2nnnc2SCC(=O)OCC(=O)N(C(C)C)C(C)C)c1. The third-order valence-corrected chi connectivity index (χ3v) is 5.00. The molecule has 0 aliphatic carbocycles. The third kappa shape index (κ3) is 5.54. The van der Waals surface area contributed by atoms with Crippen LogP contribution in [0.15, 0.2) is 23.4 Å². The molecular weight excluding hydrogens is 378 g/mol. The van der Waals surface area contributed by atoms with Gasteiger partial charge in [0.2, 0.25) is 5.16 Å². The summed E-state index contributed by atoms with van der Waals surface area (Å²) < 4.78 is 6.74. The lowest BCUT2D eigenvalue weighted by atomic mass is 10.1. The predicted molar refractivity (Wildman–Crippen MR) is 107 cm³/mol. The first-order valence-electron chi connectivity index (χ1n) is 9.16. The first-order valence-corrected chi connectivity index (χ1v) is 10.1. The molecule has 8 nitrogen and oxygen atoms in total. The summed E-state index contributed by atoms with van der Waals surface area (Å²) in [4.78, 5) is 26.1. The monoisotopic (exact) mass is 405 g/mol. The molecule has 0 fully saturated rings. The van der Waals surface area contributed by atoms with Crippen molar-refractivity contribution in [2.45, 2.75) is 58.8 Å². The highest BCUT2D eigenvalue weighted by atomic mass is 32.2. The molecule has 0 saturated heterocycles. The number of ether oxygens (including phenoxy) is 1. The Morgan fingerprint density at radius 1 is 1.18 bits per heavy atom. The van der Waals surface area contributed by atoms with Crippen LogP contribution in [0.1, 0.15) is 38.8 Å². The van der Waals surface area contributed by atoms with E-state index in [9.17, 15) is 9.59 Å². The summed E-state index contributed by atoms with van der Waals surface area (Å²) in [5.41, 5.74) is 2.97. The van der Waals surface area contributed by atoms with E-state index in [1.54, 1.807) is 9.58 Å². The second-order valence-corrected chi connectivity index (χ2v) is 8.04. The van der Waals surface area contributed by atoms with Crippen molar-refractivity contribution in [3.05, 3.63) is 29.3 Å². The maximum atomic E-state index is 12.3. The van der Waals surface area contributed by atoms with Crippen molar-refractivity contribution in [2.75, 3.05) is 12.4 Å². The first kappa shape index (κ1) is 21.9. The molecule has 1 heterocycles. The van der Waals surface area contributed by atoms with Crippen LogP contribution < -0.4 is 0 Å². The minimum Gasteiger partial charge on any atom is -0.455 e. The fraction of sp³-hybridized carbons (Fsp3) is 0.526. The van der Waals surface area contributed by atoms with Gasteiger partial charge in [-0.2, -0.15) is 4.68 Å². The highest BCUT2D eigenvalue weighted by Gasteiger charge is 2.21. The normalized spacial score (nSPS) is 11.1. The molecule has 0 atom stereocenters. The summed E-state index contributed by atoms with van der Waals surface area (Å²) in [5, 5.41) is 12.2. The predicted octanol–water partition coefficient (Wildman–Crippen LogP) is 2.56. The largest absolute Gasteiger partial charge is 0.455 e. The molecule has 0 unspecified atom stereocenters. The van der Waals surface area contributed by atoms with E-state index in [1.807, 2.05) is 59.7 Å². The van der Waals surface area contributed by atoms with Crippen molar-refractivity contribution in [3.63, 3.8) is 0 Å². The van der Waals surface area contributed by atoms with Crippen LogP contribution >= 0.6 is 11.8 Å². The summed E-state index contributed by atoms with van der Waals surface area (Å²) in [6.45, 7) is 11.4. The van der Waals surface area contributed by atoms with E-state index >= 15 is 0 Å². The fourth-order valence-corrected chi connectivity index (χ4v) is 3.60. The van der Waals surface area contributed by atoms with Crippen LogP contribution in [0.2, 0.25) is 0 Å². The highest BCUT2D eigenvalue weighted by molar-refractivity contribution is 7.99. The van der Waals surface area contributed by atoms with Gasteiger partial charge in [0, 0.05) is 12.1 Å². The molecule has 0 saturated carbocycles. The number of benzene rings is 1. The minimum atomic E-state index is -0.485. The van der Waals surface area contributed by atoms with Gasteiger partial charge in [-0.3, -0.25) is 9.59 Å². The number of aromatic nitrogens is 4. The van der Waals surface area contributed by atoms with E-state index in [2.05, 4.69) is 15.5 Å². The van der Waals surface area contributed by atoms with Crippen molar-refractivity contribution in [1.29, 1.82) is 0 Å². The van der Waals surface area contributed by atoms with Crippen LogP contribution in [0, 0.1) is 13.8 Å². The van der Waals surface area contributed by atoms with Crippen molar-refractivity contribution >= 4 is 23.6 Å². The Morgan fingerprint density at radius 2 is 1.86 bits per heavy atom. The van der Waals surface area contributed by atoms with Gasteiger partial charge in [0.25, 0.3) is 5.91 Å². The lowest BCUT2D eigenvalue weighted by molar-refractivity contribution is -0.151. The molecule has 152 valence electrons. The van der Waals surface area contributed by atoms with Gasteiger partial charge in [0.05, 0.1) is 11.4 Å². The molecule has 0 N–H and O–H groups in total. The van der Waals surface area contributed by atoms with Gasteiger partial charge in [-0.1, -0.05) is 23.9 Å². The molecule has 28 heavy (non-hydrogen) atoms. The van der Waals surface area contributed by atoms with E-state index in [1.165, 1.54) is 11.8 Å². The number of nitrogens with zero attached hydrogens (tertiary/aromatic N) is 5. The van der Waals surface area contributed by atoms with Crippen LogP contribution in [0.25, 0.3) is 5.69 Å². The molecule has 0 spiro atoms. The molecule has 2 aromatic rings. The summed E-state index contributed by atoms with van der Waals surface area (Å²) in [6.07, 6.45) is 0. The number of esters is 1. The van der Waals surface area contributed by atoms with Crippen molar-refractivity contribution in [2.24, 2.45) is 0 Å². The van der Waals surface area contributed by atoms with Crippen LogP contribution in [0.5, 0.6) is 0 Å². The highest BCUT2D eigenvalue weighted by Crippen LogP contribution is 2.21. The number of tetrazole rings is 1. The number of aryl methyl sites for hydroxylation is 2. The summed E-state index contributed by atoms with van der Waals surface area (Å²) in [7, 11) is 0. The number of rotatable bonds is 8. The molecule has 1 aromatic carbocycles. The lowest BCUT2D eigenvalue weighted by Gasteiger charge is -2.30. The first-order chi connectivity index (χ1) is 13.2. The fourth-order valence-electron chi connectivity index (χ4n) is 2.92. The number of hydrogen-bond acceptors (Lipinski definition) is 7. The molecule has 0 radical (unpaired) electrons. The van der Waals surface area contributed by atoms with E-state index < -0.39 is 5.97 Å². The second-order valence-electron chi connectivity index (χ2n) is 7.10. The van der Waals surface area contributed by atoms with E-state index in [4.69, 9.17) is 4.74 Å². The summed E-state index contributed by atoms with van der Waals surface area (Å²) in [5.74, 6) is -0.674. The zero-order valence-corrected chi connectivity index (χ0v) is 18.0. The zero-order chi connectivity index (χ0) is 20.8. The molecule has 9 heteroatoms. The molecule has 0 aliphatic heterocycles. The summed E-state index contributed by atoms with van der Waals surface area (Å²) in [6, 6.07) is 6.09. The number of amides is 1. The molecule has 1 aromatic heterocycles. The van der Waals surface area contributed by atoms with Gasteiger partial charge in [-0.15, -0.1) is 5.10 Å². The maximum absolute atomic E-state index is 12.3. The van der Waals surface area contributed by atoms with Gasteiger partial charge < -0.3 is 9.64 Å². The lowest BCUT2D eigenvalue weighted by Crippen LogP contribution is -2.44. The Labute approximate surface area is 169 Å². The van der Waals surface area contributed by atoms with Crippen LogP contribution in [-0.4, -0.2) is 61.4 Å². The Bertz CT molecular complexity index is 827. The Morgan fingerprint density at radius 3 is 2.50 bits per heavy atom. The second kappa shape index (κ2) is 9.68. The van der Waals surface area contributed by atoms with Gasteiger partial charge >= 0.3 is 5.97 Å². The average Bonchev–Trinajstić information content (AvgIpc) is 3.08. The van der Waals surface area contributed by atoms with Gasteiger partial charge in [-0.05, 0) is 69.2 Å². The van der Waals surface area contributed by atoms with Crippen molar-refractivity contribution in [3.8, 4) is 5.69 Å². The summed E-state index contributed by atoms with van der Waals surface area (Å²) >= 11 is 1.17. The van der Waals surface area contributed by atoms with E-state index in [0.29, 0.717) is 5.16 Å². The number of thioether (sulfide) groups is 1. The van der Waals surface area contributed by atoms with Crippen molar-refractivity contribution < 1.29 is 14.3 Å². The molecule has 1 amide bonds. The average molecular weight is 406 g/mol. The Kier molecular flexibility index (Phi) is 7.56. The zero-order valence-electron chi connectivity index (χ0n) is 17.2. The molecule has 0 bridgehead atoms. The third-order valence-electron chi connectivity index (χ3n) is 4.11. The van der Waals surface area contributed by atoms with Gasteiger partial charge in [0.1, 0.15) is 0 Å². The smallest absolute Gasteiger partial charge is 0.316 e. The Hall–Kier alpha value is -2.42. The molecular formula is C19H27N5O3S. The van der Waals surface area contributed by atoms with Crippen LogP contribution in [0.3, 0.4) is 0 Å². The van der Waals surface area contributed by atoms with E-state index in [0.717, 1.165) is 16.8 Å². The van der Waals surface area contributed by atoms with Crippen LogP contribution in [-0.2, 0) is 14.3 Å². The van der Waals surface area contributed by atoms with E-state index in [-0.39, 0.29) is 30.4 Å². The van der Waals surface area contributed by atoms with Crippen LogP contribution in [0.4, 0.5) is 0 Å². The minimum absolute atomic E-state index is 0.0157. The number of carbonyl (C=O) groups is 2. The van der Waals surface area contributed by atoms with Gasteiger partial charge in [-0.25, -0.2) is 0 Å².